The van der Waals surface area contributed by atoms with Crippen molar-refractivity contribution in [3.05, 3.63) is 223 Å². The van der Waals surface area contributed by atoms with Crippen molar-refractivity contribution >= 4 is 49.4 Å². The van der Waals surface area contributed by atoms with E-state index in [-0.39, 0.29) is 0 Å². The third-order valence-corrected chi connectivity index (χ3v) is 11.9. The van der Waals surface area contributed by atoms with E-state index in [2.05, 4.69) is 217 Å². The zero-order valence-electron chi connectivity index (χ0n) is 31.6. The molecule has 0 bridgehead atoms. The molecule has 0 fully saturated rings. The van der Waals surface area contributed by atoms with Crippen LogP contribution in [0.2, 0.25) is 0 Å². The van der Waals surface area contributed by atoms with Gasteiger partial charge in [-0.05, 0) is 149 Å². The molecule has 10 aromatic rings. The molecule has 1 aliphatic rings. The summed E-state index contributed by atoms with van der Waals surface area (Å²) in [5.74, 6) is 0. The average molecular weight is 726 g/mol. The molecule has 1 heteroatoms. The van der Waals surface area contributed by atoms with Gasteiger partial charge in [-0.3, -0.25) is 0 Å². The van der Waals surface area contributed by atoms with E-state index in [4.69, 9.17) is 0 Å². The maximum atomic E-state index is 2.40. The summed E-state index contributed by atoms with van der Waals surface area (Å²) in [6, 6.07) is 78.2. The number of benzene rings is 10. The molecular weight excluding hydrogens is 687 g/mol. The summed E-state index contributed by atoms with van der Waals surface area (Å²) >= 11 is 0. The Balaban J connectivity index is 1.00. The fourth-order valence-electron chi connectivity index (χ4n) is 9.03. The fourth-order valence-corrected chi connectivity index (χ4v) is 9.03. The average Bonchev–Trinajstić information content (AvgIpc) is 3.29. The zero-order chi connectivity index (χ0) is 37.7. The van der Waals surface area contributed by atoms with Crippen molar-refractivity contribution in [3.8, 4) is 44.5 Å². The second kappa shape index (κ2) is 13.8. The molecule has 0 N–H and O–H groups in total. The summed E-state index contributed by atoms with van der Waals surface area (Å²) in [6.45, 7) is 0. The molecule has 0 saturated carbocycles. The predicted octanol–water partition coefficient (Wildman–Crippen LogP) is 15.4. The lowest BCUT2D eigenvalue weighted by Crippen LogP contribution is -2.10. The van der Waals surface area contributed by atoms with E-state index in [0.29, 0.717) is 0 Å². The normalized spacial score (nSPS) is 12.1. The predicted molar refractivity (Wildman–Crippen MR) is 243 cm³/mol. The number of rotatable bonds is 6. The Kier molecular flexibility index (Phi) is 8.03. The van der Waals surface area contributed by atoms with Crippen LogP contribution >= 0.6 is 0 Å². The number of anilines is 3. The SMILES string of the molecule is c1cc(-c2cccc3ccccc23)cc(N(c2ccc(-c3ccc4ccccc4c3)cc2)c2ccc(-c3ccc4ccc5c(c4c3)-c3ccccc3CC5)cc2)c1. The molecular formula is C56H39N. The Bertz CT molecular complexity index is 3110. The third-order valence-electron chi connectivity index (χ3n) is 11.9. The van der Waals surface area contributed by atoms with Crippen LogP contribution in [0.3, 0.4) is 0 Å². The van der Waals surface area contributed by atoms with E-state index < -0.39 is 0 Å². The largest absolute Gasteiger partial charge is 0.310 e. The summed E-state index contributed by atoms with van der Waals surface area (Å²) in [5, 5.41) is 7.63. The Hall–Kier alpha value is -7.22. The van der Waals surface area contributed by atoms with Crippen LogP contribution in [0.25, 0.3) is 76.8 Å². The van der Waals surface area contributed by atoms with Gasteiger partial charge in [0.25, 0.3) is 0 Å². The van der Waals surface area contributed by atoms with Crippen LogP contribution in [-0.2, 0) is 12.8 Å². The Morgan fingerprint density at radius 3 is 1.65 bits per heavy atom. The van der Waals surface area contributed by atoms with Crippen molar-refractivity contribution in [2.24, 2.45) is 0 Å². The van der Waals surface area contributed by atoms with Gasteiger partial charge in [0, 0.05) is 17.1 Å². The van der Waals surface area contributed by atoms with Crippen molar-refractivity contribution in [3.63, 3.8) is 0 Å². The number of fused-ring (bicyclic) bond motifs is 7. The van der Waals surface area contributed by atoms with Gasteiger partial charge in [0.15, 0.2) is 0 Å². The smallest absolute Gasteiger partial charge is 0.0467 e. The second-order valence-electron chi connectivity index (χ2n) is 15.3. The molecule has 0 unspecified atom stereocenters. The van der Waals surface area contributed by atoms with E-state index in [1.54, 1.807) is 0 Å². The van der Waals surface area contributed by atoms with Crippen molar-refractivity contribution < 1.29 is 0 Å². The minimum atomic E-state index is 1.09. The maximum Gasteiger partial charge on any atom is 0.0467 e. The summed E-state index contributed by atoms with van der Waals surface area (Å²) in [5.41, 5.74) is 16.3. The standard InChI is InChI=1S/C56H39N/c1-2-12-45-35-46(25-19-38(45)9-1)39-27-31-49(32-28-39)57(51-15-7-14-48(36-51)53-18-8-13-41-10-3-5-16-52(41)53)50-33-29-40(30-34-50)47-26-22-43-21-24-44-23-20-42-11-4-6-17-54(42)56(44)55(43)37-47/h1-19,21-22,24-37H,20,23H2. The summed E-state index contributed by atoms with van der Waals surface area (Å²) in [7, 11) is 0. The monoisotopic (exact) mass is 725 g/mol. The van der Waals surface area contributed by atoms with Crippen molar-refractivity contribution in [2.45, 2.75) is 12.8 Å². The van der Waals surface area contributed by atoms with Gasteiger partial charge in [0.2, 0.25) is 0 Å². The minimum absolute atomic E-state index is 1.09. The van der Waals surface area contributed by atoms with Gasteiger partial charge in [-0.2, -0.15) is 0 Å². The molecule has 1 nitrogen and oxygen atoms in total. The van der Waals surface area contributed by atoms with Gasteiger partial charge in [-0.25, -0.2) is 0 Å². The number of nitrogens with zero attached hydrogens (tertiary/aromatic N) is 1. The Labute approximate surface area is 333 Å². The molecule has 268 valence electrons. The number of hydrogen-bond acceptors (Lipinski definition) is 1. The first-order valence-electron chi connectivity index (χ1n) is 20.0. The van der Waals surface area contributed by atoms with Crippen LogP contribution in [-0.4, -0.2) is 0 Å². The molecule has 10 aromatic carbocycles. The lowest BCUT2D eigenvalue weighted by Gasteiger charge is -2.26. The molecule has 0 spiro atoms. The lowest BCUT2D eigenvalue weighted by atomic mass is 9.82. The van der Waals surface area contributed by atoms with E-state index in [1.165, 1.54) is 88.0 Å². The molecule has 0 saturated heterocycles. The highest BCUT2D eigenvalue weighted by molar-refractivity contribution is 6.02. The highest BCUT2D eigenvalue weighted by atomic mass is 15.1. The lowest BCUT2D eigenvalue weighted by molar-refractivity contribution is 0.945. The van der Waals surface area contributed by atoms with Crippen LogP contribution < -0.4 is 4.90 Å². The summed E-state index contributed by atoms with van der Waals surface area (Å²) in [6.07, 6.45) is 2.19. The molecule has 0 aliphatic heterocycles. The minimum Gasteiger partial charge on any atom is -0.310 e. The van der Waals surface area contributed by atoms with Gasteiger partial charge in [0.1, 0.15) is 0 Å². The summed E-state index contributed by atoms with van der Waals surface area (Å²) < 4.78 is 0. The van der Waals surface area contributed by atoms with Gasteiger partial charge in [0.05, 0.1) is 0 Å². The highest BCUT2D eigenvalue weighted by Gasteiger charge is 2.19. The summed E-state index contributed by atoms with van der Waals surface area (Å²) in [4.78, 5) is 2.39. The first kappa shape index (κ1) is 33.1. The van der Waals surface area contributed by atoms with Crippen molar-refractivity contribution in [1.82, 2.24) is 0 Å². The van der Waals surface area contributed by atoms with Crippen LogP contribution in [0.1, 0.15) is 11.1 Å². The third kappa shape index (κ3) is 5.96. The van der Waals surface area contributed by atoms with Crippen molar-refractivity contribution in [1.29, 1.82) is 0 Å². The quantitative estimate of drug-likeness (QED) is 0.165. The van der Waals surface area contributed by atoms with Crippen LogP contribution in [0.4, 0.5) is 17.1 Å². The van der Waals surface area contributed by atoms with E-state index in [1.807, 2.05) is 0 Å². The number of aryl methyl sites for hydroxylation is 2. The maximum absolute atomic E-state index is 2.40. The van der Waals surface area contributed by atoms with Gasteiger partial charge < -0.3 is 4.90 Å². The van der Waals surface area contributed by atoms with E-state index in [9.17, 15) is 0 Å². The highest BCUT2D eigenvalue weighted by Crippen LogP contribution is 2.42. The molecule has 57 heavy (non-hydrogen) atoms. The molecule has 1 aliphatic carbocycles. The molecule has 0 aromatic heterocycles. The van der Waals surface area contributed by atoms with E-state index in [0.717, 1.165) is 29.9 Å². The topological polar surface area (TPSA) is 3.24 Å². The molecule has 0 heterocycles. The number of hydrogen-bond donors (Lipinski definition) is 0. The molecule has 0 radical (unpaired) electrons. The van der Waals surface area contributed by atoms with Gasteiger partial charge in [-0.15, -0.1) is 0 Å². The van der Waals surface area contributed by atoms with Gasteiger partial charge in [-0.1, -0.05) is 164 Å². The second-order valence-corrected chi connectivity index (χ2v) is 15.3. The molecule has 0 atom stereocenters. The Morgan fingerprint density at radius 2 is 0.842 bits per heavy atom. The van der Waals surface area contributed by atoms with Gasteiger partial charge >= 0.3 is 0 Å². The first-order valence-corrected chi connectivity index (χ1v) is 20.0. The van der Waals surface area contributed by atoms with Crippen LogP contribution in [0.15, 0.2) is 212 Å². The van der Waals surface area contributed by atoms with Crippen LogP contribution in [0.5, 0.6) is 0 Å². The molecule has 0 amide bonds. The zero-order valence-corrected chi connectivity index (χ0v) is 31.6. The Morgan fingerprint density at radius 1 is 0.281 bits per heavy atom. The first-order chi connectivity index (χ1) is 28.2. The fraction of sp³-hybridized carbons (Fsp3) is 0.0357. The van der Waals surface area contributed by atoms with E-state index >= 15 is 0 Å². The van der Waals surface area contributed by atoms with Crippen molar-refractivity contribution in [2.75, 3.05) is 4.90 Å². The van der Waals surface area contributed by atoms with Crippen LogP contribution in [0, 0.1) is 0 Å². The molecule has 11 rings (SSSR count).